The molecule has 28 heavy (non-hydrogen) atoms. The number of carbonyl (C=O) groups is 1. The van der Waals surface area contributed by atoms with Gasteiger partial charge in [-0.15, -0.1) is 10.2 Å². The van der Waals surface area contributed by atoms with Crippen LogP contribution >= 0.6 is 11.3 Å². The lowest BCUT2D eigenvalue weighted by Crippen LogP contribution is -2.39. The third-order valence-corrected chi connectivity index (χ3v) is 5.93. The second kappa shape index (κ2) is 7.93. The number of hydrogen-bond donors (Lipinski definition) is 1. The third-order valence-electron chi connectivity index (χ3n) is 4.83. The average molecular weight is 401 g/mol. The van der Waals surface area contributed by atoms with Gasteiger partial charge in [-0.05, 0) is 25.0 Å². The number of hydrogen-bond acceptors (Lipinski definition) is 7. The van der Waals surface area contributed by atoms with Crippen molar-refractivity contribution < 1.29 is 9.21 Å². The van der Waals surface area contributed by atoms with Crippen LogP contribution < -0.4 is 11.2 Å². The predicted molar refractivity (Wildman–Crippen MR) is 102 cm³/mol. The van der Waals surface area contributed by atoms with Gasteiger partial charge < -0.3 is 13.9 Å². The van der Waals surface area contributed by atoms with Crippen LogP contribution in [-0.4, -0.2) is 43.6 Å². The van der Waals surface area contributed by atoms with Gasteiger partial charge in [0.05, 0.1) is 6.26 Å². The minimum absolute atomic E-state index is 0.00471. The number of H-pyrrole nitrogens is 1. The molecule has 0 unspecified atom stereocenters. The zero-order chi connectivity index (χ0) is 19.5. The van der Waals surface area contributed by atoms with E-state index < -0.39 is 11.2 Å². The van der Waals surface area contributed by atoms with Crippen molar-refractivity contribution in [2.75, 3.05) is 13.1 Å². The Hall–Kier alpha value is -3.01. The summed E-state index contributed by atoms with van der Waals surface area (Å²) in [5.41, 5.74) is -0.941. The van der Waals surface area contributed by atoms with E-state index in [0.717, 1.165) is 22.9 Å². The first-order valence-electron chi connectivity index (χ1n) is 9.05. The van der Waals surface area contributed by atoms with Gasteiger partial charge in [0.1, 0.15) is 5.01 Å². The number of aromatic amines is 1. The van der Waals surface area contributed by atoms with Crippen molar-refractivity contribution in [1.82, 2.24) is 24.6 Å². The molecule has 0 spiro atoms. The predicted octanol–water partition coefficient (Wildman–Crippen LogP) is 1.44. The number of nitrogens with zero attached hydrogens (tertiary/aromatic N) is 4. The van der Waals surface area contributed by atoms with Crippen LogP contribution in [0, 0.1) is 0 Å². The number of nitrogens with one attached hydrogen (secondary N) is 1. The van der Waals surface area contributed by atoms with Crippen molar-refractivity contribution >= 4 is 17.2 Å². The van der Waals surface area contributed by atoms with Gasteiger partial charge in [0.15, 0.2) is 10.8 Å². The molecule has 1 aliphatic rings. The number of likely N-dealkylation sites (tertiary alicyclic amines) is 1. The molecular weight excluding hydrogens is 382 g/mol. The van der Waals surface area contributed by atoms with E-state index in [-0.39, 0.29) is 24.8 Å². The van der Waals surface area contributed by atoms with E-state index in [0.29, 0.717) is 18.8 Å². The van der Waals surface area contributed by atoms with Crippen LogP contribution in [0.3, 0.4) is 0 Å². The lowest BCUT2D eigenvalue weighted by molar-refractivity contribution is -0.132. The molecule has 0 aromatic carbocycles. The Bertz CT molecular complexity index is 1060. The van der Waals surface area contributed by atoms with Gasteiger partial charge in [0.2, 0.25) is 5.91 Å². The Balaban J connectivity index is 1.30. The Morgan fingerprint density at radius 2 is 2.07 bits per heavy atom. The molecule has 0 saturated carbocycles. The molecule has 1 fully saturated rings. The molecule has 3 aromatic heterocycles. The summed E-state index contributed by atoms with van der Waals surface area (Å²) in [5.74, 6) is 1.01. The van der Waals surface area contributed by atoms with Crippen LogP contribution in [0.1, 0.15) is 30.2 Å². The Labute approximate surface area is 163 Å². The lowest BCUT2D eigenvalue weighted by Gasteiger charge is -2.31. The van der Waals surface area contributed by atoms with Crippen LogP contribution in [0.2, 0.25) is 0 Å². The van der Waals surface area contributed by atoms with Gasteiger partial charge in [-0.2, -0.15) is 0 Å². The standard InChI is InChI=1S/C18H19N5O4S/c24-14-5-9-23(18(26)19-14)10-6-15(25)22-7-3-12(4-8-22)16-20-21-17(28-16)13-2-1-11-27-13/h1-2,5,9,11-12H,3-4,6-8,10H2,(H,19,24,26). The van der Waals surface area contributed by atoms with Crippen LogP contribution in [0.15, 0.2) is 44.7 Å². The summed E-state index contributed by atoms with van der Waals surface area (Å²) >= 11 is 1.53. The molecule has 1 saturated heterocycles. The quantitative estimate of drug-likeness (QED) is 0.692. The van der Waals surface area contributed by atoms with Crippen molar-refractivity contribution in [3.8, 4) is 10.8 Å². The maximum Gasteiger partial charge on any atom is 0.328 e. The van der Waals surface area contributed by atoms with E-state index in [9.17, 15) is 14.4 Å². The van der Waals surface area contributed by atoms with Gasteiger partial charge in [-0.1, -0.05) is 11.3 Å². The van der Waals surface area contributed by atoms with Crippen LogP contribution in [0.4, 0.5) is 0 Å². The molecule has 3 aromatic rings. The zero-order valence-corrected chi connectivity index (χ0v) is 15.9. The Morgan fingerprint density at radius 3 is 2.79 bits per heavy atom. The maximum atomic E-state index is 12.5. The van der Waals surface area contributed by atoms with E-state index >= 15 is 0 Å². The van der Waals surface area contributed by atoms with E-state index in [1.165, 1.54) is 28.2 Å². The van der Waals surface area contributed by atoms with Gasteiger partial charge in [0.25, 0.3) is 5.56 Å². The minimum Gasteiger partial charge on any atom is -0.462 e. The SMILES string of the molecule is O=C(CCn1ccc(=O)[nH]c1=O)N1CCC(c2nnc(-c3ccco3)s2)CC1. The first kappa shape index (κ1) is 18.4. The topological polar surface area (TPSA) is 114 Å². The molecule has 0 bridgehead atoms. The normalized spacial score (nSPS) is 15.1. The van der Waals surface area contributed by atoms with Crippen molar-refractivity contribution in [2.24, 2.45) is 0 Å². The Morgan fingerprint density at radius 1 is 1.25 bits per heavy atom. The molecule has 10 heteroatoms. The minimum atomic E-state index is -0.498. The highest BCUT2D eigenvalue weighted by Crippen LogP contribution is 2.33. The highest BCUT2D eigenvalue weighted by molar-refractivity contribution is 7.14. The molecule has 1 N–H and O–H groups in total. The number of amides is 1. The van der Waals surface area contributed by atoms with E-state index in [2.05, 4.69) is 15.2 Å². The number of carbonyl (C=O) groups excluding carboxylic acids is 1. The monoisotopic (exact) mass is 401 g/mol. The number of piperidine rings is 1. The largest absolute Gasteiger partial charge is 0.462 e. The van der Waals surface area contributed by atoms with Crippen LogP contribution in [0.25, 0.3) is 10.8 Å². The molecule has 4 heterocycles. The van der Waals surface area contributed by atoms with Crippen LogP contribution in [-0.2, 0) is 11.3 Å². The highest BCUT2D eigenvalue weighted by atomic mass is 32.1. The summed E-state index contributed by atoms with van der Waals surface area (Å²) < 4.78 is 6.70. The second-order valence-corrected chi connectivity index (χ2v) is 7.64. The van der Waals surface area contributed by atoms with Crippen molar-refractivity contribution in [2.45, 2.75) is 31.7 Å². The summed E-state index contributed by atoms with van der Waals surface area (Å²) in [5, 5.41) is 10.2. The summed E-state index contributed by atoms with van der Waals surface area (Å²) in [7, 11) is 0. The summed E-state index contributed by atoms with van der Waals surface area (Å²) in [4.78, 5) is 39.2. The van der Waals surface area contributed by atoms with E-state index in [4.69, 9.17) is 4.42 Å². The fraction of sp³-hybridized carbons (Fsp3) is 0.389. The first-order valence-corrected chi connectivity index (χ1v) is 9.86. The van der Waals surface area contributed by atoms with Crippen molar-refractivity contribution in [3.05, 3.63) is 56.5 Å². The molecule has 0 radical (unpaired) electrons. The first-order chi connectivity index (χ1) is 13.6. The second-order valence-electron chi connectivity index (χ2n) is 6.63. The smallest absolute Gasteiger partial charge is 0.328 e. The van der Waals surface area contributed by atoms with Gasteiger partial charge in [0, 0.05) is 44.2 Å². The molecule has 9 nitrogen and oxygen atoms in total. The summed E-state index contributed by atoms with van der Waals surface area (Å²) in [6.07, 6.45) is 4.90. The highest BCUT2D eigenvalue weighted by Gasteiger charge is 2.26. The number of furan rings is 1. The molecular formula is C18H19N5O4S. The van der Waals surface area contributed by atoms with Gasteiger partial charge >= 0.3 is 5.69 Å². The average Bonchev–Trinajstić information content (AvgIpc) is 3.39. The zero-order valence-electron chi connectivity index (χ0n) is 15.0. The number of aryl methyl sites for hydroxylation is 1. The fourth-order valence-electron chi connectivity index (χ4n) is 3.27. The summed E-state index contributed by atoms with van der Waals surface area (Å²) in [6, 6.07) is 4.96. The van der Waals surface area contributed by atoms with E-state index in [1.807, 2.05) is 17.0 Å². The fourth-order valence-corrected chi connectivity index (χ4v) is 4.25. The molecule has 146 valence electrons. The Kier molecular flexibility index (Phi) is 5.20. The van der Waals surface area contributed by atoms with Crippen molar-refractivity contribution in [1.29, 1.82) is 0 Å². The molecule has 1 amide bonds. The third kappa shape index (κ3) is 3.96. The molecule has 0 atom stereocenters. The number of rotatable bonds is 5. The molecule has 0 aliphatic carbocycles. The summed E-state index contributed by atoms with van der Waals surface area (Å²) in [6.45, 7) is 1.55. The maximum absolute atomic E-state index is 12.5. The molecule has 1 aliphatic heterocycles. The van der Waals surface area contributed by atoms with Gasteiger partial charge in [-0.25, -0.2) is 4.79 Å². The number of aromatic nitrogens is 4. The van der Waals surface area contributed by atoms with Gasteiger partial charge in [-0.3, -0.25) is 14.6 Å². The van der Waals surface area contributed by atoms with Crippen LogP contribution in [0.5, 0.6) is 0 Å². The molecule has 4 rings (SSSR count). The van der Waals surface area contributed by atoms with Crippen molar-refractivity contribution in [3.63, 3.8) is 0 Å². The lowest BCUT2D eigenvalue weighted by atomic mass is 9.97. The van der Waals surface area contributed by atoms with E-state index in [1.54, 1.807) is 6.26 Å².